The molecule has 0 amide bonds. The number of aromatic nitrogens is 4. The number of benzene rings is 1. The number of fused-ring (bicyclic) bond motifs is 1. The van der Waals surface area contributed by atoms with Crippen LogP contribution in [0.1, 0.15) is 37.9 Å². The highest BCUT2D eigenvalue weighted by Gasteiger charge is 2.37. The third-order valence-corrected chi connectivity index (χ3v) is 5.03. The molecule has 2 aromatic heterocycles. The van der Waals surface area contributed by atoms with Crippen molar-refractivity contribution in [2.75, 3.05) is 10.6 Å². The summed E-state index contributed by atoms with van der Waals surface area (Å²) in [4.78, 5) is 12.2. The van der Waals surface area contributed by atoms with Crippen LogP contribution in [-0.4, -0.2) is 25.6 Å². The number of hydrogen-bond acceptors (Lipinski definition) is 5. The zero-order valence-corrected chi connectivity index (χ0v) is 15.7. The van der Waals surface area contributed by atoms with Gasteiger partial charge in [0.25, 0.3) is 0 Å². The molecule has 1 aliphatic rings. The summed E-state index contributed by atoms with van der Waals surface area (Å²) in [5.74, 6) is -1.17. The molecule has 1 aliphatic carbocycles. The number of anilines is 3. The van der Waals surface area contributed by atoms with Crippen LogP contribution in [-0.2, 0) is 13.2 Å². The van der Waals surface area contributed by atoms with E-state index >= 15 is 0 Å². The summed E-state index contributed by atoms with van der Waals surface area (Å²) >= 11 is 0. The fourth-order valence-electron chi connectivity index (χ4n) is 3.57. The zero-order valence-electron chi connectivity index (χ0n) is 15.7. The Bertz CT molecular complexity index is 1020. The Hall–Kier alpha value is -2.91. The van der Waals surface area contributed by atoms with E-state index in [4.69, 9.17) is 0 Å². The van der Waals surface area contributed by atoms with Gasteiger partial charge in [0, 0.05) is 13.1 Å². The van der Waals surface area contributed by atoms with Gasteiger partial charge in [-0.2, -0.15) is 13.2 Å². The van der Waals surface area contributed by atoms with Crippen molar-refractivity contribution in [3.63, 3.8) is 0 Å². The van der Waals surface area contributed by atoms with E-state index in [-0.39, 0.29) is 34.7 Å². The van der Waals surface area contributed by atoms with Gasteiger partial charge in [0.1, 0.15) is 5.82 Å². The van der Waals surface area contributed by atoms with Gasteiger partial charge < -0.3 is 15.2 Å². The van der Waals surface area contributed by atoms with E-state index in [2.05, 4.69) is 25.6 Å². The SMILES string of the molecule is Cn1c(C(F)(F)F)nc2nc(Nc3ccccc3F)c(NC3CCCCC3)nc21. The van der Waals surface area contributed by atoms with Gasteiger partial charge in [-0.15, -0.1) is 0 Å². The maximum Gasteiger partial charge on any atom is 0.449 e. The number of nitrogens with one attached hydrogen (secondary N) is 2. The normalized spacial score (nSPS) is 15.6. The monoisotopic (exact) mass is 408 g/mol. The molecule has 0 atom stereocenters. The second kappa shape index (κ2) is 7.49. The van der Waals surface area contributed by atoms with Gasteiger partial charge in [0.05, 0.1) is 5.69 Å². The molecule has 0 spiro atoms. The number of aryl methyl sites for hydroxylation is 1. The summed E-state index contributed by atoms with van der Waals surface area (Å²) in [6.45, 7) is 0. The first kappa shape index (κ1) is 19.4. The lowest BCUT2D eigenvalue weighted by Gasteiger charge is -2.24. The first-order chi connectivity index (χ1) is 13.8. The van der Waals surface area contributed by atoms with Crippen molar-refractivity contribution in [2.24, 2.45) is 7.05 Å². The third kappa shape index (κ3) is 3.96. The van der Waals surface area contributed by atoms with E-state index in [0.717, 1.165) is 36.7 Å². The Morgan fingerprint density at radius 1 is 1.00 bits per heavy atom. The molecule has 0 aliphatic heterocycles. The molecule has 0 bridgehead atoms. The Balaban J connectivity index is 1.79. The van der Waals surface area contributed by atoms with E-state index in [0.29, 0.717) is 0 Å². The minimum Gasteiger partial charge on any atom is -0.364 e. The van der Waals surface area contributed by atoms with Crippen molar-refractivity contribution in [2.45, 2.75) is 44.3 Å². The van der Waals surface area contributed by atoms with Crippen molar-refractivity contribution < 1.29 is 17.6 Å². The minimum absolute atomic E-state index is 0.00900. The maximum absolute atomic E-state index is 14.1. The topological polar surface area (TPSA) is 67.7 Å². The quantitative estimate of drug-likeness (QED) is 0.594. The molecule has 0 radical (unpaired) electrons. The molecule has 2 heterocycles. The summed E-state index contributed by atoms with van der Waals surface area (Å²) < 4.78 is 54.7. The van der Waals surface area contributed by atoms with Crippen LogP contribution in [0.4, 0.5) is 34.9 Å². The van der Waals surface area contributed by atoms with Gasteiger partial charge in [-0.1, -0.05) is 31.4 Å². The summed E-state index contributed by atoms with van der Waals surface area (Å²) in [6, 6.07) is 6.13. The maximum atomic E-state index is 14.1. The van der Waals surface area contributed by atoms with Crippen molar-refractivity contribution in [1.82, 2.24) is 19.5 Å². The molecule has 29 heavy (non-hydrogen) atoms. The summed E-state index contributed by atoms with van der Waals surface area (Å²) in [5, 5.41) is 6.12. The smallest absolute Gasteiger partial charge is 0.364 e. The van der Waals surface area contributed by atoms with Gasteiger partial charge in [0.2, 0.25) is 5.82 Å². The average molecular weight is 408 g/mol. The second-order valence-corrected chi connectivity index (χ2v) is 7.14. The number of hydrogen-bond donors (Lipinski definition) is 2. The number of nitrogens with zero attached hydrogens (tertiary/aromatic N) is 4. The number of para-hydroxylation sites is 1. The lowest BCUT2D eigenvalue weighted by Crippen LogP contribution is -2.23. The lowest BCUT2D eigenvalue weighted by atomic mass is 9.95. The first-order valence-electron chi connectivity index (χ1n) is 9.42. The van der Waals surface area contributed by atoms with Crippen LogP contribution in [0.5, 0.6) is 0 Å². The minimum atomic E-state index is -4.63. The van der Waals surface area contributed by atoms with Gasteiger partial charge >= 0.3 is 6.18 Å². The fourth-order valence-corrected chi connectivity index (χ4v) is 3.57. The van der Waals surface area contributed by atoms with E-state index in [1.165, 1.54) is 19.2 Å². The summed E-state index contributed by atoms with van der Waals surface area (Å²) in [6.07, 6.45) is 0.504. The van der Waals surface area contributed by atoms with Crippen molar-refractivity contribution in [3.8, 4) is 0 Å². The van der Waals surface area contributed by atoms with Crippen LogP contribution >= 0.6 is 0 Å². The highest BCUT2D eigenvalue weighted by molar-refractivity contribution is 5.78. The van der Waals surface area contributed by atoms with Crippen molar-refractivity contribution >= 4 is 28.6 Å². The number of alkyl halides is 3. The van der Waals surface area contributed by atoms with E-state index in [1.54, 1.807) is 12.1 Å². The largest absolute Gasteiger partial charge is 0.449 e. The highest BCUT2D eigenvalue weighted by atomic mass is 19.4. The van der Waals surface area contributed by atoms with Crippen LogP contribution in [0.25, 0.3) is 11.3 Å². The van der Waals surface area contributed by atoms with Crippen molar-refractivity contribution in [3.05, 3.63) is 35.9 Å². The number of imidazole rings is 1. The Morgan fingerprint density at radius 3 is 2.41 bits per heavy atom. The predicted octanol–water partition coefficient (Wildman–Crippen LogP) is 5.01. The molecule has 0 saturated heterocycles. The Morgan fingerprint density at radius 2 is 1.72 bits per heavy atom. The van der Waals surface area contributed by atoms with Crippen LogP contribution in [0, 0.1) is 5.82 Å². The molecule has 10 heteroatoms. The summed E-state index contributed by atoms with van der Waals surface area (Å²) in [5.41, 5.74) is 0.00222. The van der Waals surface area contributed by atoms with Crippen molar-refractivity contribution in [1.29, 1.82) is 0 Å². The van der Waals surface area contributed by atoms with Gasteiger partial charge in [0.15, 0.2) is 22.9 Å². The molecule has 1 saturated carbocycles. The predicted molar refractivity (Wildman–Crippen MR) is 101 cm³/mol. The molecule has 3 aromatic rings. The molecule has 4 rings (SSSR count). The molecule has 1 aromatic carbocycles. The standard InChI is InChI=1S/C19H20F4N6/c1-29-17-16(28-18(29)19(21,22)23)26-15(25-13-10-6-5-9-12(13)20)14(27-17)24-11-7-3-2-4-8-11/h5-6,9-11H,2-4,7-8H2,1H3,(H,24,27)(H,25,26). The Kier molecular flexibility index (Phi) is 5.01. The molecule has 6 nitrogen and oxygen atoms in total. The molecular formula is C19H20F4N6. The van der Waals surface area contributed by atoms with Crippen LogP contribution in [0.15, 0.2) is 24.3 Å². The van der Waals surface area contributed by atoms with E-state index in [1.807, 2.05) is 0 Å². The average Bonchev–Trinajstić information content (AvgIpc) is 3.01. The fraction of sp³-hybridized carbons (Fsp3) is 0.421. The number of halogens is 4. The van der Waals surface area contributed by atoms with Gasteiger partial charge in [-0.05, 0) is 25.0 Å². The number of rotatable bonds is 4. The van der Waals surface area contributed by atoms with E-state index in [9.17, 15) is 17.6 Å². The highest BCUT2D eigenvalue weighted by Crippen LogP contribution is 2.33. The van der Waals surface area contributed by atoms with Crippen LogP contribution in [0.2, 0.25) is 0 Å². The summed E-state index contributed by atoms with van der Waals surface area (Å²) in [7, 11) is 1.25. The third-order valence-electron chi connectivity index (χ3n) is 5.03. The molecular weight excluding hydrogens is 388 g/mol. The molecule has 154 valence electrons. The molecule has 1 fully saturated rings. The zero-order chi connectivity index (χ0) is 20.6. The van der Waals surface area contributed by atoms with Crippen LogP contribution in [0.3, 0.4) is 0 Å². The lowest BCUT2D eigenvalue weighted by molar-refractivity contribution is -0.146. The molecule has 0 unspecified atom stereocenters. The first-order valence-corrected chi connectivity index (χ1v) is 9.42. The van der Waals surface area contributed by atoms with E-state index < -0.39 is 17.8 Å². The second-order valence-electron chi connectivity index (χ2n) is 7.14. The van der Waals surface area contributed by atoms with Gasteiger partial charge in [-0.25, -0.2) is 19.3 Å². The molecule has 2 N–H and O–H groups in total. The van der Waals surface area contributed by atoms with Crippen LogP contribution < -0.4 is 10.6 Å². The Labute approximate surface area is 164 Å². The van der Waals surface area contributed by atoms with Gasteiger partial charge in [-0.3, -0.25) is 0 Å².